The summed E-state index contributed by atoms with van der Waals surface area (Å²) in [5.41, 5.74) is 9.16. The highest BCUT2D eigenvalue weighted by molar-refractivity contribution is 5.45. The van der Waals surface area contributed by atoms with E-state index in [0.29, 0.717) is 0 Å². The SMILES string of the molecule is [N-]=[N+]=Nc1cccc(OCc2ccccc2)c1F. The first-order valence-electron chi connectivity index (χ1n) is 5.31. The molecule has 0 radical (unpaired) electrons. The van der Waals surface area contributed by atoms with Crippen molar-refractivity contribution in [2.24, 2.45) is 5.11 Å². The van der Waals surface area contributed by atoms with Crippen molar-refractivity contribution in [2.75, 3.05) is 0 Å². The zero-order valence-electron chi connectivity index (χ0n) is 9.45. The van der Waals surface area contributed by atoms with Gasteiger partial charge in [-0.2, -0.15) is 0 Å². The number of ether oxygens (including phenoxy) is 1. The summed E-state index contributed by atoms with van der Waals surface area (Å²) < 4.78 is 19.1. The maximum Gasteiger partial charge on any atom is 0.174 e. The summed E-state index contributed by atoms with van der Waals surface area (Å²) in [6, 6.07) is 13.9. The van der Waals surface area contributed by atoms with E-state index >= 15 is 0 Å². The van der Waals surface area contributed by atoms with E-state index in [2.05, 4.69) is 10.0 Å². The fraction of sp³-hybridized carbons (Fsp3) is 0.0769. The first kappa shape index (κ1) is 12.0. The number of halogens is 1. The van der Waals surface area contributed by atoms with E-state index in [1.54, 1.807) is 6.07 Å². The lowest BCUT2D eigenvalue weighted by Gasteiger charge is -2.08. The topological polar surface area (TPSA) is 58.0 Å². The van der Waals surface area contributed by atoms with E-state index in [1.165, 1.54) is 12.1 Å². The van der Waals surface area contributed by atoms with Crippen LogP contribution in [0.15, 0.2) is 53.6 Å². The van der Waals surface area contributed by atoms with Crippen molar-refractivity contribution in [3.8, 4) is 5.75 Å². The van der Waals surface area contributed by atoms with Gasteiger partial charge in [-0.15, -0.1) is 0 Å². The normalized spacial score (nSPS) is 9.61. The minimum Gasteiger partial charge on any atom is -0.486 e. The van der Waals surface area contributed by atoms with Gasteiger partial charge in [-0.05, 0) is 23.2 Å². The van der Waals surface area contributed by atoms with Crippen LogP contribution in [0.3, 0.4) is 0 Å². The fourth-order valence-electron chi connectivity index (χ4n) is 1.47. The standard InChI is InChI=1S/C13H10FN3O/c14-13-11(16-17-15)7-4-8-12(13)18-9-10-5-2-1-3-6-10/h1-8H,9H2. The van der Waals surface area contributed by atoms with Crippen LogP contribution in [0.5, 0.6) is 5.75 Å². The number of hydrogen-bond donors (Lipinski definition) is 0. The van der Waals surface area contributed by atoms with Crippen LogP contribution in [0, 0.1) is 5.82 Å². The molecule has 90 valence electrons. The van der Waals surface area contributed by atoms with E-state index in [0.717, 1.165) is 5.56 Å². The number of nitrogens with zero attached hydrogens (tertiary/aromatic N) is 3. The van der Waals surface area contributed by atoms with Crippen molar-refractivity contribution in [1.29, 1.82) is 0 Å². The molecule has 0 aromatic heterocycles. The first-order chi connectivity index (χ1) is 8.81. The summed E-state index contributed by atoms with van der Waals surface area (Å²) in [4.78, 5) is 2.56. The molecule has 0 unspecified atom stereocenters. The van der Waals surface area contributed by atoms with Crippen molar-refractivity contribution < 1.29 is 9.13 Å². The summed E-state index contributed by atoms with van der Waals surface area (Å²) in [7, 11) is 0. The van der Waals surface area contributed by atoms with Gasteiger partial charge in [-0.3, -0.25) is 0 Å². The van der Waals surface area contributed by atoms with Crippen molar-refractivity contribution >= 4 is 5.69 Å². The molecule has 2 aromatic carbocycles. The summed E-state index contributed by atoms with van der Waals surface area (Å²) in [5, 5.41) is 3.25. The van der Waals surface area contributed by atoms with Gasteiger partial charge < -0.3 is 4.74 Å². The van der Waals surface area contributed by atoms with Crippen LogP contribution in [0.4, 0.5) is 10.1 Å². The zero-order valence-corrected chi connectivity index (χ0v) is 9.45. The summed E-state index contributed by atoms with van der Waals surface area (Å²) in [6.45, 7) is 0.261. The molecule has 0 atom stereocenters. The summed E-state index contributed by atoms with van der Waals surface area (Å²) >= 11 is 0. The van der Waals surface area contributed by atoms with Gasteiger partial charge in [0.15, 0.2) is 11.6 Å². The third-order valence-electron chi connectivity index (χ3n) is 2.33. The Hall–Kier alpha value is -2.52. The van der Waals surface area contributed by atoms with E-state index < -0.39 is 5.82 Å². The fourth-order valence-corrected chi connectivity index (χ4v) is 1.47. The van der Waals surface area contributed by atoms with E-state index in [-0.39, 0.29) is 18.0 Å². The maximum absolute atomic E-state index is 13.8. The molecule has 0 aliphatic carbocycles. The predicted octanol–water partition coefficient (Wildman–Crippen LogP) is 4.35. The quantitative estimate of drug-likeness (QED) is 0.447. The molecule has 2 aromatic rings. The molecule has 0 fully saturated rings. The van der Waals surface area contributed by atoms with Crippen molar-refractivity contribution in [3.05, 3.63) is 70.4 Å². The molecule has 0 saturated heterocycles. The van der Waals surface area contributed by atoms with Crippen molar-refractivity contribution in [1.82, 2.24) is 0 Å². The number of benzene rings is 2. The van der Waals surface area contributed by atoms with Gasteiger partial charge in [-0.25, -0.2) is 4.39 Å². The number of rotatable bonds is 4. The van der Waals surface area contributed by atoms with Gasteiger partial charge in [-0.1, -0.05) is 41.5 Å². The van der Waals surface area contributed by atoms with Crippen LogP contribution in [0.25, 0.3) is 10.4 Å². The Morgan fingerprint density at radius 2 is 1.89 bits per heavy atom. The smallest absolute Gasteiger partial charge is 0.174 e. The van der Waals surface area contributed by atoms with Crippen LogP contribution in [-0.2, 0) is 6.61 Å². The molecule has 18 heavy (non-hydrogen) atoms. The molecule has 5 heteroatoms. The molecule has 4 nitrogen and oxygen atoms in total. The van der Waals surface area contributed by atoms with Crippen molar-refractivity contribution in [2.45, 2.75) is 6.61 Å². The molecule has 0 aliphatic heterocycles. The van der Waals surface area contributed by atoms with Crippen LogP contribution < -0.4 is 4.74 Å². The maximum atomic E-state index is 13.8. The Bertz CT molecular complexity index is 580. The second-order valence-corrected chi connectivity index (χ2v) is 3.55. The van der Waals surface area contributed by atoms with E-state index in [9.17, 15) is 4.39 Å². The first-order valence-corrected chi connectivity index (χ1v) is 5.31. The van der Waals surface area contributed by atoms with Crippen LogP contribution >= 0.6 is 0 Å². The van der Waals surface area contributed by atoms with Gasteiger partial charge in [0.05, 0.1) is 5.69 Å². The lowest BCUT2D eigenvalue weighted by Crippen LogP contribution is -1.97. The van der Waals surface area contributed by atoms with Gasteiger partial charge in [0.2, 0.25) is 0 Å². The molecule has 2 rings (SSSR count). The van der Waals surface area contributed by atoms with Crippen molar-refractivity contribution in [3.63, 3.8) is 0 Å². The molecule has 0 aliphatic rings. The van der Waals surface area contributed by atoms with Gasteiger partial charge in [0.25, 0.3) is 0 Å². The second kappa shape index (κ2) is 5.70. The highest BCUT2D eigenvalue weighted by Gasteiger charge is 2.07. The average Bonchev–Trinajstić information content (AvgIpc) is 2.41. The van der Waals surface area contributed by atoms with Crippen LogP contribution in [-0.4, -0.2) is 0 Å². The van der Waals surface area contributed by atoms with Gasteiger partial charge >= 0.3 is 0 Å². The van der Waals surface area contributed by atoms with Gasteiger partial charge in [0.1, 0.15) is 6.61 Å². The third kappa shape index (κ3) is 2.78. The Balaban J connectivity index is 2.15. The lowest BCUT2D eigenvalue weighted by molar-refractivity contribution is 0.290. The Labute approximate surface area is 103 Å². The highest BCUT2D eigenvalue weighted by atomic mass is 19.1. The summed E-state index contributed by atoms with van der Waals surface area (Å²) in [6.07, 6.45) is 0. The molecule has 0 bridgehead atoms. The predicted molar refractivity (Wildman–Crippen MR) is 66.0 cm³/mol. The van der Waals surface area contributed by atoms with Crippen LogP contribution in [0.1, 0.15) is 5.56 Å². The molecule has 0 amide bonds. The Kier molecular flexibility index (Phi) is 3.79. The molecule has 0 saturated carbocycles. The molecule has 0 heterocycles. The largest absolute Gasteiger partial charge is 0.486 e. The highest BCUT2D eigenvalue weighted by Crippen LogP contribution is 2.27. The molecular formula is C13H10FN3O. The van der Waals surface area contributed by atoms with Crippen LogP contribution in [0.2, 0.25) is 0 Å². The number of hydrogen-bond acceptors (Lipinski definition) is 2. The average molecular weight is 243 g/mol. The monoisotopic (exact) mass is 243 g/mol. The number of azide groups is 1. The zero-order chi connectivity index (χ0) is 12.8. The van der Waals surface area contributed by atoms with E-state index in [1.807, 2.05) is 30.3 Å². The lowest BCUT2D eigenvalue weighted by atomic mass is 10.2. The minimum atomic E-state index is -0.647. The second-order valence-electron chi connectivity index (χ2n) is 3.55. The Morgan fingerprint density at radius 3 is 2.61 bits per heavy atom. The molecule has 0 N–H and O–H groups in total. The Morgan fingerprint density at radius 1 is 1.11 bits per heavy atom. The minimum absolute atomic E-state index is 0.0666. The molecule has 0 spiro atoms. The summed E-state index contributed by atoms with van der Waals surface area (Å²) in [5.74, 6) is -0.574. The third-order valence-corrected chi connectivity index (χ3v) is 2.33. The van der Waals surface area contributed by atoms with Gasteiger partial charge in [0, 0.05) is 4.91 Å². The molecular weight excluding hydrogens is 233 g/mol. The van der Waals surface area contributed by atoms with E-state index in [4.69, 9.17) is 10.3 Å².